The molecule has 1 saturated heterocycles. The van der Waals surface area contributed by atoms with Gasteiger partial charge in [0.15, 0.2) is 5.96 Å². The zero-order valence-electron chi connectivity index (χ0n) is 11.8. The molecule has 0 spiro atoms. The molecule has 0 aromatic carbocycles. The van der Waals surface area contributed by atoms with E-state index < -0.39 is 0 Å². The van der Waals surface area contributed by atoms with Crippen LogP contribution < -0.4 is 5.32 Å². The summed E-state index contributed by atoms with van der Waals surface area (Å²) in [6, 6.07) is 0. The fourth-order valence-electron chi connectivity index (χ4n) is 2.06. The van der Waals surface area contributed by atoms with Crippen molar-refractivity contribution in [2.24, 2.45) is 10.4 Å². The van der Waals surface area contributed by atoms with Crippen LogP contribution in [0.4, 0.5) is 0 Å². The zero-order valence-corrected chi connectivity index (χ0v) is 14.1. The van der Waals surface area contributed by atoms with Crippen molar-refractivity contribution >= 4 is 29.9 Å². The van der Waals surface area contributed by atoms with E-state index >= 15 is 0 Å². The van der Waals surface area contributed by atoms with E-state index in [-0.39, 0.29) is 24.0 Å². The van der Waals surface area contributed by atoms with Crippen LogP contribution in [0.5, 0.6) is 0 Å². The lowest BCUT2D eigenvalue weighted by Crippen LogP contribution is -2.40. The maximum absolute atomic E-state index is 4.68. The van der Waals surface area contributed by atoms with Crippen molar-refractivity contribution in [1.82, 2.24) is 10.2 Å². The molecule has 0 saturated carbocycles. The second kappa shape index (κ2) is 8.16. The van der Waals surface area contributed by atoms with Crippen LogP contribution >= 0.6 is 24.0 Å². The van der Waals surface area contributed by atoms with Crippen LogP contribution in [0.25, 0.3) is 0 Å². The van der Waals surface area contributed by atoms with Crippen LogP contribution in [-0.2, 0) is 0 Å². The summed E-state index contributed by atoms with van der Waals surface area (Å²) in [6.45, 7) is 13.2. The third kappa shape index (κ3) is 5.93. The smallest absolute Gasteiger partial charge is 0.193 e. The Morgan fingerprint density at radius 3 is 2.53 bits per heavy atom. The number of hydrogen-bond donors (Lipinski definition) is 1. The Morgan fingerprint density at radius 1 is 1.35 bits per heavy atom. The van der Waals surface area contributed by atoms with Gasteiger partial charge < -0.3 is 10.2 Å². The lowest BCUT2D eigenvalue weighted by atomic mass is 9.93. The number of halogens is 1. The minimum absolute atomic E-state index is 0. The van der Waals surface area contributed by atoms with E-state index in [0.717, 1.165) is 32.1 Å². The predicted octanol–water partition coefficient (Wildman–Crippen LogP) is 3.10. The molecule has 0 atom stereocenters. The highest BCUT2D eigenvalue weighted by Crippen LogP contribution is 2.28. The van der Waals surface area contributed by atoms with Gasteiger partial charge in [0, 0.05) is 26.2 Å². The first-order valence-corrected chi connectivity index (χ1v) is 6.62. The molecule has 0 aromatic heterocycles. The topological polar surface area (TPSA) is 27.6 Å². The SMILES string of the molecule is CCCCN=C(NCC)N1CCC(C)(C)C1.I. The quantitative estimate of drug-likeness (QED) is 0.364. The Morgan fingerprint density at radius 2 is 2.06 bits per heavy atom. The maximum atomic E-state index is 4.68. The summed E-state index contributed by atoms with van der Waals surface area (Å²) in [4.78, 5) is 7.08. The van der Waals surface area contributed by atoms with Gasteiger partial charge in [0.1, 0.15) is 0 Å². The first-order chi connectivity index (χ1) is 7.59. The Bertz CT molecular complexity index is 239. The highest BCUT2D eigenvalue weighted by atomic mass is 127. The van der Waals surface area contributed by atoms with Gasteiger partial charge >= 0.3 is 0 Å². The Balaban J connectivity index is 0.00000256. The van der Waals surface area contributed by atoms with Gasteiger partial charge in [0.25, 0.3) is 0 Å². The molecule has 1 fully saturated rings. The first kappa shape index (κ1) is 17.0. The average Bonchev–Trinajstić information content (AvgIpc) is 2.58. The van der Waals surface area contributed by atoms with E-state index in [1.807, 2.05) is 0 Å². The summed E-state index contributed by atoms with van der Waals surface area (Å²) in [5, 5.41) is 3.40. The van der Waals surface area contributed by atoms with Crippen molar-refractivity contribution in [3.05, 3.63) is 0 Å². The number of nitrogens with one attached hydrogen (secondary N) is 1. The molecule has 17 heavy (non-hydrogen) atoms. The standard InChI is InChI=1S/C13H27N3.HI/c1-5-7-9-15-12(14-6-2)16-10-8-13(3,4)11-16;/h5-11H2,1-4H3,(H,14,15);1H. The average molecular weight is 353 g/mol. The van der Waals surface area contributed by atoms with Crippen molar-refractivity contribution in [2.75, 3.05) is 26.2 Å². The van der Waals surface area contributed by atoms with Gasteiger partial charge in [-0.1, -0.05) is 27.2 Å². The summed E-state index contributed by atoms with van der Waals surface area (Å²) < 4.78 is 0. The largest absolute Gasteiger partial charge is 0.357 e. The molecule has 1 heterocycles. The summed E-state index contributed by atoms with van der Waals surface area (Å²) >= 11 is 0. The number of hydrogen-bond acceptors (Lipinski definition) is 1. The van der Waals surface area contributed by atoms with Crippen molar-refractivity contribution in [2.45, 2.75) is 47.0 Å². The number of likely N-dealkylation sites (tertiary alicyclic amines) is 1. The molecule has 4 heteroatoms. The lowest BCUT2D eigenvalue weighted by Gasteiger charge is -2.23. The number of guanidine groups is 1. The van der Waals surface area contributed by atoms with Gasteiger partial charge in [-0.3, -0.25) is 4.99 Å². The summed E-state index contributed by atoms with van der Waals surface area (Å²) in [5.74, 6) is 1.11. The molecule has 1 rings (SSSR count). The molecule has 0 bridgehead atoms. The first-order valence-electron chi connectivity index (χ1n) is 6.62. The molecule has 0 amide bonds. The van der Waals surface area contributed by atoms with Crippen LogP contribution in [0.2, 0.25) is 0 Å². The molecule has 0 unspecified atom stereocenters. The predicted molar refractivity (Wildman–Crippen MR) is 86.3 cm³/mol. The molecule has 1 aliphatic heterocycles. The molecular formula is C13H28IN3. The molecule has 0 aliphatic carbocycles. The molecule has 1 aliphatic rings. The van der Waals surface area contributed by atoms with Gasteiger partial charge in [-0.2, -0.15) is 0 Å². The number of aliphatic imine (C=N–C) groups is 1. The van der Waals surface area contributed by atoms with E-state index in [4.69, 9.17) is 0 Å². The van der Waals surface area contributed by atoms with E-state index in [1.54, 1.807) is 0 Å². The van der Waals surface area contributed by atoms with Gasteiger partial charge in [-0.25, -0.2) is 0 Å². The normalized spacial score (nSPS) is 19.1. The van der Waals surface area contributed by atoms with E-state index in [2.05, 4.69) is 42.9 Å². The highest BCUT2D eigenvalue weighted by molar-refractivity contribution is 14.0. The minimum Gasteiger partial charge on any atom is -0.357 e. The summed E-state index contributed by atoms with van der Waals surface area (Å²) in [7, 11) is 0. The van der Waals surface area contributed by atoms with Crippen molar-refractivity contribution in [3.63, 3.8) is 0 Å². The molecule has 0 aromatic rings. The van der Waals surface area contributed by atoms with Crippen molar-refractivity contribution < 1.29 is 0 Å². The van der Waals surface area contributed by atoms with Crippen molar-refractivity contribution in [1.29, 1.82) is 0 Å². The lowest BCUT2D eigenvalue weighted by molar-refractivity contribution is 0.370. The third-order valence-electron chi connectivity index (χ3n) is 3.09. The van der Waals surface area contributed by atoms with E-state index in [1.165, 1.54) is 19.3 Å². The van der Waals surface area contributed by atoms with Crippen molar-refractivity contribution in [3.8, 4) is 0 Å². The molecule has 102 valence electrons. The molecule has 1 N–H and O–H groups in total. The number of nitrogens with zero attached hydrogens (tertiary/aromatic N) is 2. The zero-order chi connectivity index (χ0) is 12.0. The van der Waals surface area contributed by atoms with Crippen LogP contribution in [-0.4, -0.2) is 37.0 Å². The Labute approximate surface area is 123 Å². The fraction of sp³-hybridized carbons (Fsp3) is 0.923. The van der Waals surface area contributed by atoms with E-state index in [0.29, 0.717) is 5.41 Å². The van der Waals surface area contributed by atoms with Gasteiger partial charge in [-0.05, 0) is 25.2 Å². The summed E-state index contributed by atoms with van der Waals surface area (Å²) in [6.07, 6.45) is 3.67. The van der Waals surface area contributed by atoms with E-state index in [9.17, 15) is 0 Å². The number of unbranched alkanes of at least 4 members (excludes halogenated alkanes) is 1. The monoisotopic (exact) mass is 353 g/mol. The summed E-state index contributed by atoms with van der Waals surface area (Å²) in [5.41, 5.74) is 0.445. The fourth-order valence-corrected chi connectivity index (χ4v) is 2.06. The van der Waals surface area contributed by atoms with Gasteiger partial charge in [-0.15, -0.1) is 24.0 Å². The second-order valence-electron chi connectivity index (χ2n) is 5.42. The Kier molecular flexibility index (Phi) is 8.16. The van der Waals surface area contributed by atoms with Crippen LogP contribution in [0.3, 0.4) is 0 Å². The number of rotatable bonds is 4. The molecule has 3 nitrogen and oxygen atoms in total. The highest BCUT2D eigenvalue weighted by Gasteiger charge is 2.30. The molecular weight excluding hydrogens is 325 g/mol. The van der Waals surface area contributed by atoms with Crippen LogP contribution in [0.1, 0.15) is 47.0 Å². The van der Waals surface area contributed by atoms with Crippen LogP contribution in [0.15, 0.2) is 4.99 Å². The maximum Gasteiger partial charge on any atom is 0.193 e. The van der Waals surface area contributed by atoms with Gasteiger partial charge in [0.2, 0.25) is 0 Å². The Hall–Kier alpha value is 0. The molecule has 0 radical (unpaired) electrons. The third-order valence-corrected chi connectivity index (χ3v) is 3.09. The van der Waals surface area contributed by atoms with Gasteiger partial charge in [0.05, 0.1) is 0 Å². The minimum atomic E-state index is 0. The second-order valence-corrected chi connectivity index (χ2v) is 5.42. The van der Waals surface area contributed by atoms with Crippen LogP contribution in [0, 0.1) is 5.41 Å².